The molecular weight excluding hydrogens is 286 g/mol. The lowest BCUT2D eigenvalue weighted by Gasteiger charge is -2.14. The van der Waals surface area contributed by atoms with E-state index in [0.29, 0.717) is 11.6 Å². The molecule has 1 aliphatic carbocycles. The van der Waals surface area contributed by atoms with Crippen LogP contribution < -0.4 is 5.73 Å². The van der Waals surface area contributed by atoms with E-state index in [1.54, 1.807) is 19.2 Å². The maximum Gasteiger partial charge on any atom is 0.151 e. The van der Waals surface area contributed by atoms with Crippen LogP contribution in [0.2, 0.25) is 5.02 Å². The monoisotopic (exact) mass is 303 g/mol. The predicted octanol–water partition coefficient (Wildman–Crippen LogP) is 1.44. The summed E-state index contributed by atoms with van der Waals surface area (Å²) in [7, 11) is -1.63. The molecule has 1 aliphatic rings. The minimum absolute atomic E-state index is 0.147. The Morgan fingerprint density at radius 2 is 2.16 bits per heavy atom. The summed E-state index contributed by atoms with van der Waals surface area (Å²) in [4.78, 5) is 0. The van der Waals surface area contributed by atoms with Gasteiger partial charge in [-0.05, 0) is 17.7 Å². The normalized spacial score (nSPS) is 30.3. The highest BCUT2D eigenvalue weighted by Crippen LogP contribution is 2.62. The first-order valence-corrected chi connectivity index (χ1v) is 8.33. The highest BCUT2D eigenvalue weighted by atomic mass is 35.5. The van der Waals surface area contributed by atoms with E-state index in [-0.39, 0.29) is 12.5 Å². The van der Waals surface area contributed by atoms with E-state index in [0.717, 1.165) is 5.56 Å². The number of sulfone groups is 1. The number of ether oxygens (including phenoxy) is 1. The number of halogens is 1. The van der Waals surface area contributed by atoms with Crippen LogP contribution in [0.15, 0.2) is 24.3 Å². The fourth-order valence-electron chi connectivity index (χ4n) is 3.08. The molecule has 1 fully saturated rings. The van der Waals surface area contributed by atoms with Crippen molar-refractivity contribution in [1.82, 2.24) is 0 Å². The van der Waals surface area contributed by atoms with Gasteiger partial charge in [0.25, 0.3) is 0 Å². The summed E-state index contributed by atoms with van der Waals surface area (Å²) < 4.78 is 29.1. The minimum atomic E-state index is -3.18. The molecule has 2 N–H and O–H groups in total. The van der Waals surface area contributed by atoms with Crippen LogP contribution in [0.5, 0.6) is 0 Å². The van der Waals surface area contributed by atoms with Gasteiger partial charge in [-0.25, -0.2) is 8.42 Å². The first-order chi connectivity index (χ1) is 8.86. The molecule has 0 spiro atoms. The average molecular weight is 304 g/mol. The number of methoxy groups -OCH3 is 1. The molecular formula is C13H18ClNO3S. The Morgan fingerprint density at radius 1 is 1.47 bits per heavy atom. The first kappa shape index (κ1) is 14.8. The molecule has 19 heavy (non-hydrogen) atoms. The Hall–Kier alpha value is -0.620. The van der Waals surface area contributed by atoms with Gasteiger partial charge in [-0.3, -0.25) is 0 Å². The molecule has 1 aromatic rings. The van der Waals surface area contributed by atoms with Crippen molar-refractivity contribution < 1.29 is 13.2 Å². The van der Waals surface area contributed by atoms with E-state index in [2.05, 4.69) is 0 Å². The Morgan fingerprint density at radius 3 is 2.63 bits per heavy atom. The van der Waals surface area contributed by atoms with Crippen LogP contribution in [0.25, 0.3) is 0 Å². The largest absolute Gasteiger partial charge is 0.384 e. The number of benzene rings is 1. The fourth-order valence-corrected chi connectivity index (χ4v) is 5.28. The number of rotatable bonds is 5. The molecule has 0 bridgehead atoms. The van der Waals surface area contributed by atoms with E-state index < -0.39 is 20.5 Å². The van der Waals surface area contributed by atoms with Crippen LogP contribution in [0.3, 0.4) is 0 Å². The third kappa shape index (κ3) is 2.52. The molecule has 0 aliphatic heterocycles. The van der Waals surface area contributed by atoms with Crippen molar-refractivity contribution >= 4 is 21.4 Å². The van der Waals surface area contributed by atoms with Gasteiger partial charge in [-0.1, -0.05) is 23.7 Å². The van der Waals surface area contributed by atoms with Gasteiger partial charge in [0.1, 0.15) is 0 Å². The molecule has 0 saturated heterocycles. The van der Waals surface area contributed by atoms with Gasteiger partial charge < -0.3 is 10.5 Å². The maximum absolute atomic E-state index is 12.0. The lowest BCUT2D eigenvalue weighted by atomic mass is 10.00. The van der Waals surface area contributed by atoms with E-state index in [1.165, 1.54) is 6.26 Å². The second kappa shape index (κ2) is 5.05. The molecule has 0 radical (unpaired) electrons. The molecule has 2 rings (SSSR count). The Bertz CT molecular complexity index is 575. The zero-order chi connectivity index (χ0) is 14.3. The van der Waals surface area contributed by atoms with Crippen molar-refractivity contribution in [1.29, 1.82) is 0 Å². The molecule has 1 aromatic carbocycles. The summed E-state index contributed by atoms with van der Waals surface area (Å²) in [6, 6.07) is 7.28. The smallest absolute Gasteiger partial charge is 0.151 e. The molecule has 6 heteroatoms. The highest BCUT2D eigenvalue weighted by molar-refractivity contribution is 7.91. The molecule has 0 aromatic heterocycles. The second-order valence-corrected chi connectivity index (χ2v) is 7.76. The summed E-state index contributed by atoms with van der Waals surface area (Å²) in [6.07, 6.45) is 1.25. The van der Waals surface area contributed by atoms with E-state index in [9.17, 15) is 8.42 Å². The topological polar surface area (TPSA) is 69.4 Å². The van der Waals surface area contributed by atoms with Crippen LogP contribution in [-0.2, 0) is 14.6 Å². The summed E-state index contributed by atoms with van der Waals surface area (Å²) in [6.45, 7) is 0.605. The molecule has 0 heterocycles. The molecule has 4 nitrogen and oxygen atoms in total. The van der Waals surface area contributed by atoms with Crippen molar-refractivity contribution in [2.24, 2.45) is 11.1 Å². The standard InChI is InChI=1S/C13H18ClNO3S/c1-18-8-13(7-15)11(12(13)19(2,16)17)9-4-3-5-10(14)6-9/h3-6,11-12H,7-8,15H2,1-2H3/t11-,12+,13+/m1/s1. The van der Waals surface area contributed by atoms with Crippen molar-refractivity contribution in [2.45, 2.75) is 11.2 Å². The van der Waals surface area contributed by atoms with E-state index in [4.69, 9.17) is 22.1 Å². The van der Waals surface area contributed by atoms with Crippen molar-refractivity contribution in [3.8, 4) is 0 Å². The maximum atomic E-state index is 12.0. The van der Waals surface area contributed by atoms with Crippen LogP contribution in [-0.4, -0.2) is 40.2 Å². The van der Waals surface area contributed by atoms with Crippen molar-refractivity contribution in [3.05, 3.63) is 34.9 Å². The fraction of sp³-hybridized carbons (Fsp3) is 0.538. The quantitative estimate of drug-likeness (QED) is 0.893. The third-order valence-electron chi connectivity index (χ3n) is 3.84. The Balaban J connectivity index is 2.44. The lowest BCUT2D eigenvalue weighted by molar-refractivity contribution is 0.142. The third-order valence-corrected chi connectivity index (χ3v) is 5.74. The molecule has 1 saturated carbocycles. The van der Waals surface area contributed by atoms with Gasteiger partial charge in [-0.15, -0.1) is 0 Å². The predicted molar refractivity (Wildman–Crippen MR) is 76.2 cm³/mol. The zero-order valence-corrected chi connectivity index (χ0v) is 12.5. The van der Waals surface area contributed by atoms with E-state index >= 15 is 0 Å². The summed E-state index contributed by atoms with van der Waals surface area (Å²) >= 11 is 5.98. The zero-order valence-electron chi connectivity index (χ0n) is 11.0. The SMILES string of the molecule is COC[C@@]1(CN)[C@H](c2cccc(Cl)c2)[C@@H]1S(C)(=O)=O. The minimum Gasteiger partial charge on any atom is -0.384 e. The average Bonchev–Trinajstić information content (AvgIpc) is 2.99. The van der Waals surface area contributed by atoms with Crippen LogP contribution in [0.1, 0.15) is 11.5 Å². The van der Waals surface area contributed by atoms with Gasteiger partial charge >= 0.3 is 0 Å². The van der Waals surface area contributed by atoms with E-state index in [1.807, 2.05) is 12.1 Å². The van der Waals surface area contributed by atoms with Crippen LogP contribution in [0, 0.1) is 5.41 Å². The molecule has 0 amide bonds. The molecule has 0 unspecified atom stereocenters. The lowest BCUT2D eigenvalue weighted by Crippen LogP contribution is -2.28. The summed E-state index contributed by atoms with van der Waals surface area (Å²) in [5.74, 6) is -0.147. The molecule has 3 atom stereocenters. The summed E-state index contributed by atoms with van der Waals surface area (Å²) in [5.41, 5.74) is 6.20. The number of hydrogen-bond donors (Lipinski definition) is 1. The number of hydrogen-bond acceptors (Lipinski definition) is 4. The Kier molecular flexibility index (Phi) is 3.93. The summed E-state index contributed by atoms with van der Waals surface area (Å²) in [5, 5.41) is 0.100. The van der Waals surface area contributed by atoms with Gasteiger partial charge in [0.15, 0.2) is 9.84 Å². The van der Waals surface area contributed by atoms with Gasteiger partial charge in [0.05, 0.1) is 11.9 Å². The van der Waals surface area contributed by atoms with Crippen molar-refractivity contribution in [2.75, 3.05) is 26.5 Å². The van der Waals surface area contributed by atoms with Gasteiger partial charge in [0, 0.05) is 36.3 Å². The van der Waals surface area contributed by atoms with Gasteiger partial charge in [-0.2, -0.15) is 0 Å². The van der Waals surface area contributed by atoms with Gasteiger partial charge in [0.2, 0.25) is 0 Å². The van der Waals surface area contributed by atoms with Crippen LogP contribution >= 0.6 is 11.6 Å². The highest BCUT2D eigenvalue weighted by Gasteiger charge is 2.69. The second-order valence-electron chi connectivity index (χ2n) is 5.15. The first-order valence-electron chi connectivity index (χ1n) is 6.00. The number of nitrogens with two attached hydrogens (primary N) is 1. The Labute approximate surface area is 118 Å². The van der Waals surface area contributed by atoms with Crippen molar-refractivity contribution in [3.63, 3.8) is 0 Å². The van der Waals surface area contributed by atoms with Crippen LogP contribution in [0.4, 0.5) is 0 Å². The molecule has 106 valence electrons.